The van der Waals surface area contributed by atoms with Crippen LogP contribution < -0.4 is 15.5 Å². The van der Waals surface area contributed by atoms with Crippen LogP contribution in [-0.4, -0.2) is 45.5 Å². The van der Waals surface area contributed by atoms with Crippen molar-refractivity contribution in [3.63, 3.8) is 0 Å². The molecule has 0 unspecified atom stereocenters. The predicted molar refractivity (Wildman–Crippen MR) is 127 cm³/mol. The standard InChI is InChI=1S/C26H28N4O4/c1-24(2,3)29-22(32)20-26-13-12-25(4,34-26)18(21(31)28-16-9-6-5-7-10-16)19(26)23(33)30(20)17-11-8-14-27-15-17/h5-15,18-20H,1-4H3,(H,28,31)(H,29,32)/t18-,19+,20-,25+,26-/m1/s1. The zero-order valence-electron chi connectivity index (χ0n) is 19.6. The number of benzene rings is 1. The number of hydrogen-bond acceptors (Lipinski definition) is 5. The molecular weight excluding hydrogens is 432 g/mol. The molecule has 2 saturated heterocycles. The van der Waals surface area contributed by atoms with Gasteiger partial charge in [0.25, 0.3) is 0 Å². The van der Waals surface area contributed by atoms with E-state index in [1.54, 1.807) is 49.7 Å². The van der Waals surface area contributed by atoms with Crippen molar-refractivity contribution in [2.75, 3.05) is 10.2 Å². The smallest absolute Gasteiger partial charge is 0.246 e. The number of rotatable bonds is 4. The van der Waals surface area contributed by atoms with Crippen LogP contribution >= 0.6 is 0 Å². The van der Waals surface area contributed by atoms with E-state index in [1.165, 1.54) is 4.90 Å². The van der Waals surface area contributed by atoms with Crippen molar-refractivity contribution in [2.45, 2.75) is 50.5 Å². The molecule has 8 nitrogen and oxygen atoms in total. The Morgan fingerprint density at radius 1 is 1.06 bits per heavy atom. The van der Waals surface area contributed by atoms with E-state index in [2.05, 4.69) is 15.6 Å². The van der Waals surface area contributed by atoms with Gasteiger partial charge in [0.2, 0.25) is 17.7 Å². The molecular formula is C26H28N4O4. The minimum atomic E-state index is -1.27. The summed E-state index contributed by atoms with van der Waals surface area (Å²) in [6, 6.07) is 11.6. The molecule has 5 rings (SSSR count). The maximum absolute atomic E-state index is 14.0. The number of nitrogens with one attached hydrogen (secondary N) is 2. The topological polar surface area (TPSA) is 101 Å². The largest absolute Gasteiger partial charge is 0.356 e. The Morgan fingerprint density at radius 3 is 2.44 bits per heavy atom. The molecule has 1 aromatic heterocycles. The van der Waals surface area contributed by atoms with Gasteiger partial charge in [0, 0.05) is 17.4 Å². The van der Waals surface area contributed by atoms with Gasteiger partial charge in [-0.25, -0.2) is 0 Å². The van der Waals surface area contributed by atoms with Crippen LogP contribution in [0.4, 0.5) is 11.4 Å². The number of pyridine rings is 1. The molecule has 3 aliphatic heterocycles. The van der Waals surface area contributed by atoms with Gasteiger partial charge in [-0.3, -0.25) is 24.3 Å². The van der Waals surface area contributed by atoms with Crippen molar-refractivity contribution in [1.29, 1.82) is 0 Å². The number of carbonyl (C=O) groups excluding carboxylic acids is 3. The SMILES string of the molecule is CC(C)(C)NC(=O)[C@H]1N(c2cccnc2)C(=O)[C@@H]2[C@H](C(=O)Nc3ccccc3)[C@]3(C)C=C[C@@]21O3. The summed E-state index contributed by atoms with van der Waals surface area (Å²) in [7, 11) is 0. The lowest BCUT2D eigenvalue weighted by molar-refractivity contribution is -0.131. The van der Waals surface area contributed by atoms with Crippen LogP contribution in [0.5, 0.6) is 0 Å². The minimum absolute atomic E-state index is 0.318. The first-order valence-corrected chi connectivity index (χ1v) is 11.4. The Morgan fingerprint density at radius 2 is 1.79 bits per heavy atom. The van der Waals surface area contributed by atoms with E-state index >= 15 is 0 Å². The molecule has 2 bridgehead atoms. The fourth-order valence-corrected chi connectivity index (χ4v) is 5.49. The molecule has 1 aromatic carbocycles. The van der Waals surface area contributed by atoms with Crippen molar-refractivity contribution in [3.8, 4) is 0 Å². The summed E-state index contributed by atoms with van der Waals surface area (Å²) in [4.78, 5) is 46.8. The van der Waals surface area contributed by atoms with Crippen molar-refractivity contribution >= 4 is 29.1 Å². The molecule has 2 aromatic rings. The van der Waals surface area contributed by atoms with Gasteiger partial charge in [-0.15, -0.1) is 0 Å². The van der Waals surface area contributed by atoms with Crippen molar-refractivity contribution < 1.29 is 19.1 Å². The number of nitrogens with zero attached hydrogens (tertiary/aromatic N) is 2. The number of carbonyl (C=O) groups is 3. The summed E-state index contributed by atoms with van der Waals surface area (Å²) in [5.41, 5.74) is -1.69. The molecule has 3 aliphatic rings. The Balaban J connectivity index is 1.59. The van der Waals surface area contributed by atoms with Gasteiger partial charge in [-0.2, -0.15) is 0 Å². The van der Waals surface area contributed by atoms with E-state index in [4.69, 9.17) is 4.74 Å². The van der Waals surface area contributed by atoms with Gasteiger partial charge in [-0.05, 0) is 52.0 Å². The highest BCUT2D eigenvalue weighted by molar-refractivity contribution is 6.11. The highest BCUT2D eigenvalue weighted by Crippen LogP contribution is 2.60. The molecule has 4 heterocycles. The Hall–Kier alpha value is -3.52. The van der Waals surface area contributed by atoms with E-state index in [1.807, 2.05) is 45.0 Å². The Kier molecular flexibility index (Phi) is 4.91. The Labute approximate surface area is 198 Å². The number of fused-ring (bicyclic) bond motifs is 1. The van der Waals surface area contributed by atoms with E-state index in [9.17, 15) is 14.4 Å². The molecule has 0 saturated carbocycles. The second-order valence-corrected chi connectivity index (χ2v) is 10.3. The molecule has 2 N–H and O–H groups in total. The summed E-state index contributed by atoms with van der Waals surface area (Å²) in [5.74, 6) is -2.66. The maximum Gasteiger partial charge on any atom is 0.246 e. The molecule has 0 aliphatic carbocycles. The average Bonchev–Trinajstić information content (AvgIpc) is 3.34. The highest BCUT2D eigenvalue weighted by Gasteiger charge is 2.76. The van der Waals surface area contributed by atoms with Gasteiger partial charge in [0.1, 0.15) is 11.6 Å². The molecule has 176 valence electrons. The van der Waals surface area contributed by atoms with Gasteiger partial charge in [0.05, 0.1) is 29.3 Å². The third-order valence-corrected chi connectivity index (χ3v) is 6.69. The van der Waals surface area contributed by atoms with Gasteiger partial charge >= 0.3 is 0 Å². The van der Waals surface area contributed by atoms with Crippen LogP contribution in [0.15, 0.2) is 67.0 Å². The first kappa shape index (κ1) is 22.3. The number of anilines is 2. The van der Waals surface area contributed by atoms with Crippen LogP contribution in [0.3, 0.4) is 0 Å². The van der Waals surface area contributed by atoms with Gasteiger partial charge in [0.15, 0.2) is 0 Å². The van der Waals surface area contributed by atoms with Gasteiger partial charge in [-0.1, -0.05) is 30.4 Å². The number of hydrogen-bond donors (Lipinski definition) is 2. The first-order valence-electron chi connectivity index (χ1n) is 11.4. The molecule has 0 radical (unpaired) electrons. The van der Waals surface area contributed by atoms with Crippen LogP contribution in [0.25, 0.3) is 0 Å². The molecule has 2 fully saturated rings. The summed E-state index contributed by atoms with van der Waals surface area (Å²) < 4.78 is 6.50. The molecule has 3 amide bonds. The van der Waals surface area contributed by atoms with E-state index in [0.717, 1.165) is 0 Å². The molecule has 1 spiro atoms. The summed E-state index contributed by atoms with van der Waals surface area (Å²) in [6.07, 6.45) is 6.76. The van der Waals surface area contributed by atoms with E-state index in [-0.39, 0.29) is 17.7 Å². The van der Waals surface area contributed by atoms with Crippen molar-refractivity contribution in [1.82, 2.24) is 10.3 Å². The van der Waals surface area contributed by atoms with Crippen LogP contribution in [0, 0.1) is 11.8 Å². The van der Waals surface area contributed by atoms with E-state index < -0.39 is 34.6 Å². The quantitative estimate of drug-likeness (QED) is 0.684. The van der Waals surface area contributed by atoms with Crippen LogP contribution in [0.1, 0.15) is 27.7 Å². The fraction of sp³-hybridized carbons (Fsp3) is 0.385. The second kappa shape index (κ2) is 7.50. The molecule has 34 heavy (non-hydrogen) atoms. The van der Waals surface area contributed by atoms with Crippen molar-refractivity contribution in [2.24, 2.45) is 11.8 Å². The lowest BCUT2D eigenvalue weighted by Gasteiger charge is -2.34. The van der Waals surface area contributed by atoms with Crippen LogP contribution in [0.2, 0.25) is 0 Å². The highest BCUT2D eigenvalue weighted by atomic mass is 16.5. The number of aromatic nitrogens is 1. The third kappa shape index (κ3) is 3.32. The monoisotopic (exact) mass is 460 g/mol. The van der Waals surface area contributed by atoms with Gasteiger partial charge < -0.3 is 15.4 Å². The average molecular weight is 461 g/mol. The number of amides is 3. The zero-order valence-corrected chi connectivity index (χ0v) is 19.6. The minimum Gasteiger partial charge on any atom is -0.356 e. The molecule has 8 heteroatoms. The fourth-order valence-electron chi connectivity index (χ4n) is 5.49. The first-order chi connectivity index (χ1) is 16.1. The Bertz CT molecular complexity index is 1180. The lowest BCUT2D eigenvalue weighted by atomic mass is 9.70. The number of para-hydroxylation sites is 1. The maximum atomic E-state index is 14.0. The van der Waals surface area contributed by atoms with E-state index in [0.29, 0.717) is 11.4 Å². The summed E-state index contributed by atoms with van der Waals surface area (Å²) in [5, 5.41) is 5.92. The summed E-state index contributed by atoms with van der Waals surface area (Å²) in [6.45, 7) is 7.44. The molecule has 5 atom stereocenters. The van der Waals surface area contributed by atoms with Crippen molar-refractivity contribution in [3.05, 3.63) is 67.0 Å². The van der Waals surface area contributed by atoms with Crippen LogP contribution in [-0.2, 0) is 19.1 Å². The lowest BCUT2D eigenvalue weighted by Crippen LogP contribution is -2.58. The second-order valence-electron chi connectivity index (χ2n) is 10.3. The predicted octanol–water partition coefficient (Wildman–Crippen LogP) is 2.68. The number of ether oxygens (including phenoxy) is 1. The zero-order chi connectivity index (χ0) is 24.3. The normalized spacial score (nSPS) is 31.5. The summed E-state index contributed by atoms with van der Waals surface area (Å²) >= 11 is 0. The third-order valence-electron chi connectivity index (χ3n) is 6.69.